The van der Waals surface area contributed by atoms with Crippen molar-refractivity contribution in [1.29, 1.82) is 0 Å². The highest BCUT2D eigenvalue weighted by atomic mass is 16.6. The number of carbonyl (C=O) groups is 1. The molecule has 3 heteroatoms. The third-order valence-electron chi connectivity index (χ3n) is 7.60. The fraction of sp³-hybridized carbons (Fsp3) is 0.654. The molecule has 0 N–H and O–H groups in total. The molecule has 158 valence electrons. The molecule has 6 atom stereocenters. The Morgan fingerprint density at radius 1 is 1.24 bits per heavy atom. The molecule has 0 amide bonds. The van der Waals surface area contributed by atoms with Gasteiger partial charge in [0.05, 0.1) is 24.4 Å². The summed E-state index contributed by atoms with van der Waals surface area (Å²) in [5, 5.41) is 0. The van der Waals surface area contributed by atoms with E-state index in [0.717, 1.165) is 25.7 Å². The first-order chi connectivity index (χ1) is 13.9. The van der Waals surface area contributed by atoms with Gasteiger partial charge in [0.25, 0.3) is 0 Å². The van der Waals surface area contributed by atoms with Crippen LogP contribution in [0.2, 0.25) is 0 Å². The molecule has 0 aromatic heterocycles. The van der Waals surface area contributed by atoms with E-state index in [1.165, 1.54) is 11.1 Å². The number of hydrogen-bond donors (Lipinski definition) is 0. The highest BCUT2D eigenvalue weighted by Crippen LogP contribution is 2.52. The predicted octanol–water partition coefficient (Wildman–Crippen LogP) is 5.73. The lowest BCUT2D eigenvalue weighted by Gasteiger charge is -2.44. The summed E-state index contributed by atoms with van der Waals surface area (Å²) in [5.74, 6) is 1.79. The molecule has 3 nitrogen and oxygen atoms in total. The molecule has 1 saturated carbocycles. The van der Waals surface area contributed by atoms with Crippen LogP contribution in [0.1, 0.15) is 65.4 Å². The Morgan fingerprint density at radius 3 is 2.72 bits per heavy atom. The normalized spacial score (nSPS) is 39.3. The summed E-state index contributed by atoms with van der Waals surface area (Å²) >= 11 is 0. The predicted molar refractivity (Wildman–Crippen MR) is 115 cm³/mol. The third kappa shape index (κ3) is 4.09. The molecule has 4 rings (SSSR count). The second kappa shape index (κ2) is 8.35. The van der Waals surface area contributed by atoms with E-state index in [4.69, 9.17) is 9.47 Å². The third-order valence-corrected chi connectivity index (χ3v) is 7.60. The van der Waals surface area contributed by atoms with Crippen LogP contribution in [-0.4, -0.2) is 23.6 Å². The molecule has 1 aromatic carbocycles. The standard InChI is InChI=1S/C26H36O3/c1-17(2)20-12-13-21(27)24-22-15-18(3)9-8-14-26(4,25(29-22)23(20)24)28-16-19-10-6-5-7-11-19/h5-7,9-11,17,20,22-25H,8,12-16H2,1-4H3/b18-9-/t20-,22-,23-,24-,25-,26-/m1/s1. The van der Waals surface area contributed by atoms with Crippen LogP contribution in [0.15, 0.2) is 42.0 Å². The molecule has 0 radical (unpaired) electrons. The van der Waals surface area contributed by atoms with Gasteiger partial charge in [0.2, 0.25) is 0 Å². The molecule has 0 unspecified atom stereocenters. The van der Waals surface area contributed by atoms with Crippen LogP contribution >= 0.6 is 0 Å². The van der Waals surface area contributed by atoms with Gasteiger partial charge in [-0.15, -0.1) is 0 Å². The van der Waals surface area contributed by atoms with E-state index < -0.39 is 0 Å². The first-order valence-electron chi connectivity index (χ1n) is 11.4. The van der Waals surface area contributed by atoms with Crippen LogP contribution in [0.4, 0.5) is 0 Å². The van der Waals surface area contributed by atoms with E-state index in [-0.39, 0.29) is 29.6 Å². The highest BCUT2D eigenvalue weighted by molar-refractivity contribution is 5.83. The van der Waals surface area contributed by atoms with Crippen molar-refractivity contribution in [3.63, 3.8) is 0 Å². The van der Waals surface area contributed by atoms with Crippen molar-refractivity contribution < 1.29 is 14.3 Å². The van der Waals surface area contributed by atoms with Gasteiger partial charge in [0.1, 0.15) is 5.78 Å². The van der Waals surface area contributed by atoms with Crippen molar-refractivity contribution in [3.05, 3.63) is 47.5 Å². The molecule has 1 saturated heterocycles. The van der Waals surface area contributed by atoms with E-state index in [1.54, 1.807) is 0 Å². The summed E-state index contributed by atoms with van der Waals surface area (Å²) < 4.78 is 13.4. The molecule has 29 heavy (non-hydrogen) atoms. The largest absolute Gasteiger partial charge is 0.371 e. The summed E-state index contributed by atoms with van der Waals surface area (Å²) in [5.41, 5.74) is 2.15. The van der Waals surface area contributed by atoms with Gasteiger partial charge in [0, 0.05) is 18.3 Å². The smallest absolute Gasteiger partial charge is 0.138 e. The fourth-order valence-corrected chi connectivity index (χ4v) is 6.01. The monoisotopic (exact) mass is 396 g/mol. The highest BCUT2D eigenvalue weighted by Gasteiger charge is 2.58. The number of benzene rings is 1. The molecule has 1 aromatic rings. The van der Waals surface area contributed by atoms with Crippen LogP contribution in [0.3, 0.4) is 0 Å². The first kappa shape index (κ1) is 20.8. The molecular weight excluding hydrogens is 360 g/mol. The summed E-state index contributed by atoms with van der Waals surface area (Å²) in [4.78, 5) is 13.1. The summed E-state index contributed by atoms with van der Waals surface area (Å²) in [6.45, 7) is 9.61. The Hall–Kier alpha value is -1.45. The zero-order chi connectivity index (χ0) is 20.6. The summed E-state index contributed by atoms with van der Waals surface area (Å²) in [6.07, 6.45) is 6.83. The molecule has 2 aliphatic heterocycles. The van der Waals surface area contributed by atoms with Crippen LogP contribution in [-0.2, 0) is 20.9 Å². The average Bonchev–Trinajstić information content (AvgIpc) is 3.09. The van der Waals surface area contributed by atoms with Crippen LogP contribution in [0, 0.1) is 23.7 Å². The number of fused-ring (bicyclic) bond motifs is 5. The van der Waals surface area contributed by atoms with Crippen molar-refractivity contribution in [1.82, 2.24) is 0 Å². The van der Waals surface area contributed by atoms with E-state index >= 15 is 0 Å². The number of rotatable bonds is 4. The molecule has 1 aliphatic carbocycles. The van der Waals surface area contributed by atoms with Gasteiger partial charge < -0.3 is 9.47 Å². The molecular formula is C26H36O3. The maximum Gasteiger partial charge on any atom is 0.138 e. The molecule has 2 bridgehead atoms. The van der Waals surface area contributed by atoms with Gasteiger partial charge in [-0.2, -0.15) is 0 Å². The molecule has 3 aliphatic rings. The maximum absolute atomic E-state index is 13.1. The van der Waals surface area contributed by atoms with Crippen LogP contribution in [0.5, 0.6) is 0 Å². The van der Waals surface area contributed by atoms with E-state index in [9.17, 15) is 4.79 Å². The van der Waals surface area contributed by atoms with E-state index in [2.05, 4.69) is 58.0 Å². The number of ether oxygens (including phenoxy) is 2. The minimum atomic E-state index is -0.389. The Morgan fingerprint density at radius 2 is 2.00 bits per heavy atom. The second-order valence-corrected chi connectivity index (χ2v) is 9.99. The zero-order valence-corrected chi connectivity index (χ0v) is 18.4. The van der Waals surface area contributed by atoms with Gasteiger partial charge in [-0.05, 0) is 56.9 Å². The van der Waals surface area contributed by atoms with Crippen LogP contribution in [0.25, 0.3) is 0 Å². The lowest BCUT2D eigenvalue weighted by atomic mass is 9.62. The number of allylic oxidation sites excluding steroid dienone is 1. The van der Waals surface area contributed by atoms with Gasteiger partial charge in [-0.25, -0.2) is 0 Å². The van der Waals surface area contributed by atoms with Gasteiger partial charge in [-0.3, -0.25) is 4.79 Å². The minimum Gasteiger partial charge on any atom is -0.371 e. The van der Waals surface area contributed by atoms with Gasteiger partial charge >= 0.3 is 0 Å². The van der Waals surface area contributed by atoms with Gasteiger partial charge in [0.15, 0.2) is 0 Å². The summed E-state index contributed by atoms with van der Waals surface area (Å²) in [7, 11) is 0. The zero-order valence-electron chi connectivity index (χ0n) is 18.4. The Labute approximate surface area is 175 Å². The SMILES string of the molecule is C/C1=C/CC[C@@](C)(OCc2ccccc2)[C@@H]2O[C@H](C1)[C@H]1C(=O)CC[C@H](C(C)C)[C@H]12. The lowest BCUT2D eigenvalue weighted by Crippen LogP contribution is -2.50. The lowest BCUT2D eigenvalue weighted by molar-refractivity contribution is -0.157. The topological polar surface area (TPSA) is 35.5 Å². The number of Topliss-reactive ketones (excluding diaryl/α,β-unsaturated/α-hetero) is 1. The maximum atomic E-state index is 13.1. The van der Waals surface area contributed by atoms with Crippen LogP contribution < -0.4 is 0 Å². The summed E-state index contributed by atoms with van der Waals surface area (Å²) in [6, 6.07) is 10.4. The van der Waals surface area contributed by atoms with Crippen molar-refractivity contribution >= 4 is 5.78 Å². The number of ketones is 1. The molecule has 0 spiro atoms. The Balaban J connectivity index is 1.68. The number of hydrogen-bond acceptors (Lipinski definition) is 3. The second-order valence-electron chi connectivity index (χ2n) is 9.99. The Bertz CT molecular complexity index is 752. The molecule has 2 fully saturated rings. The molecule has 2 heterocycles. The minimum absolute atomic E-state index is 0.00745. The van der Waals surface area contributed by atoms with Crippen molar-refractivity contribution in [3.8, 4) is 0 Å². The first-order valence-corrected chi connectivity index (χ1v) is 11.4. The van der Waals surface area contributed by atoms with Gasteiger partial charge in [-0.1, -0.05) is 55.8 Å². The van der Waals surface area contributed by atoms with E-state index in [0.29, 0.717) is 30.6 Å². The van der Waals surface area contributed by atoms with E-state index in [1.807, 2.05) is 6.07 Å². The van der Waals surface area contributed by atoms with Crippen molar-refractivity contribution in [2.24, 2.45) is 23.7 Å². The number of carbonyl (C=O) groups excluding carboxylic acids is 1. The van der Waals surface area contributed by atoms with Crippen molar-refractivity contribution in [2.45, 2.75) is 84.2 Å². The average molecular weight is 397 g/mol. The Kier molecular flexibility index (Phi) is 5.99. The fourth-order valence-electron chi connectivity index (χ4n) is 6.01. The van der Waals surface area contributed by atoms with Crippen molar-refractivity contribution in [2.75, 3.05) is 0 Å². The quantitative estimate of drug-likeness (QED) is 0.610.